The molecule has 0 fully saturated rings. The van der Waals surface area contributed by atoms with Gasteiger partial charge < -0.3 is 0 Å². The van der Waals surface area contributed by atoms with E-state index in [-0.39, 0.29) is 17.0 Å². The minimum atomic E-state index is 0. The molecule has 0 aliphatic rings. The maximum Gasteiger partial charge on any atom is 0.261 e. The lowest BCUT2D eigenvalue weighted by molar-refractivity contribution is 1.76. The lowest BCUT2D eigenvalue weighted by Crippen LogP contribution is -2.02. The molecule has 0 spiro atoms. The van der Waals surface area contributed by atoms with Crippen LogP contribution >= 0.6 is 40.2 Å². The molecule has 1 rings (SSSR count). The number of hydrogen-bond acceptors (Lipinski definition) is 0. The predicted octanol–water partition coefficient (Wildman–Crippen LogP) is 1.83. The van der Waals surface area contributed by atoms with Crippen molar-refractivity contribution in [2.45, 2.75) is 0 Å². The van der Waals surface area contributed by atoms with Crippen molar-refractivity contribution in [1.82, 2.24) is 0 Å². The van der Waals surface area contributed by atoms with Crippen LogP contribution in [0.5, 0.6) is 0 Å². The van der Waals surface area contributed by atoms with Crippen LogP contribution in [0.1, 0.15) is 0 Å². The summed E-state index contributed by atoms with van der Waals surface area (Å²) in [6.45, 7) is 0. The number of rotatable bonds is 0. The summed E-state index contributed by atoms with van der Waals surface area (Å²) in [6, 6.07) is 5.70. The van der Waals surface area contributed by atoms with Crippen LogP contribution in [0.3, 0.4) is 0 Å². The molecular weight excluding hydrogens is 250 g/mol. The van der Waals surface area contributed by atoms with E-state index < -0.39 is 0 Å². The Balaban J connectivity index is 0.000000810. The molecule has 0 aromatic heterocycles. The van der Waals surface area contributed by atoms with Crippen LogP contribution < -0.4 is 4.43 Å². The summed E-state index contributed by atoms with van der Waals surface area (Å²) in [6.07, 6.45) is 0. The number of hydrogen-bond donors (Lipinski definition) is 0. The van der Waals surface area contributed by atoms with E-state index in [4.69, 9.17) is 23.2 Å². The molecule has 10 heavy (non-hydrogen) atoms. The molecule has 1 aromatic rings. The normalized spacial score (nSPS) is 8.60. The Bertz CT molecular complexity index is 207. The van der Waals surface area contributed by atoms with Crippen molar-refractivity contribution >= 4 is 60.9 Å². The quantitative estimate of drug-likeness (QED) is 0.621. The molecule has 4 heteroatoms. The molecule has 0 radical (unpaired) electrons. The van der Waals surface area contributed by atoms with E-state index in [0.717, 1.165) is 20.7 Å². The Morgan fingerprint density at radius 1 is 1.20 bits per heavy atom. The van der Waals surface area contributed by atoms with Gasteiger partial charge in [0.15, 0.2) is 0 Å². The fourth-order valence-electron chi connectivity index (χ4n) is 0.612. The molecule has 0 unspecified atom stereocenters. The highest BCUT2D eigenvalue weighted by Crippen LogP contribution is 2.17. The zero-order valence-corrected chi connectivity index (χ0v) is 10.6. The van der Waals surface area contributed by atoms with Crippen LogP contribution in [0.4, 0.5) is 0 Å². The third-order valence-corrected chi connectivity index (χ3v) is 3.21. The molecule has 0 atom stereocenters. The van der Waals surface area contributed by atoms with Gasteiger partial charge in [-0.2, -0.15) is 0 Å². The Morgan fingerprint density at radius 2 is 1.80 bits per heavy atom. The van der Waals surface area contributed by atoms with Crippen LogP contribution in [-0.2, 0) is 0 Å². The Kier molecular flexibility index (Phi) is 5.02. The smallest absolute Gasteiger partial charge is 0.114 e. The van der Waals surface area contributed by atoms with Crippen molar-refractivity contribution in [3.05, 3.63) is 28.2 Å². The SMILES string of the molecule is Br.[AlH2][c]1cccc(Cl)c1Cl. The maximum atomic E-state index is 5.78. The van der Waals surface area contributed by atoms with Gasteiger partial charge in [0.05, 0.1) is 5.02 Å². The Hall–Kier alpha value is 0.812. The van der Waals surface area contributed by atoms with Crippen molar-refractivity contribution < 1.29 is 0 Å². The second kappa shape index (κ2) is 4.64. The van der Waals surface area contributed by atoms with Gasteiger partial charge in [-0.15, -0.1) is 21.4 Å². The molecule has 54 valence electrons. The molecule has 0 saturated carbocycles. The van der Waals surface area contributed by atoms with E-state index in [1.165, 1.54) is 0 Å². The van der Waals surface area contributed by atoms with Gasteiger partial charge in [0.2, 0.25) is 0 Å². The maximum absolute atomic E-state index is 5.78. The third kappa shape index (κ3) is 2.45. The standard InChI is InChI=1S/C6H3Cl2.Al.BrH.2H/c7-5-3-1-2-4-6(5)8;;;;/h1-3H;;1H;;. The zero-order chi connectivity index (χ0) is 6.85. The molecule has 0 saturated heterocycles. The van der Waals surface area contributed by atoms with E-state index in [2.05, 4.69) is 0 Å². The summed E-state index contributed by atoms with van der Waals surface area (Å²) >= 11 is 12.4. The molecule has 0 bridgehead atoms. The van der Waals surface area contributed by atoms with Crippen molar-refractivity contribution in [1.29, 1.82) is 0 Å². The topological polar surface area (TPSA) is 0 Å². The van der Waals surface area contributed by atoms with Crippen LogP contribution in [0, 0.1) is 0 Å². The predicted molar refractivity (Wildman–Crippen MR) is 55.0 cm³/mol. The van der Waals surface area contributed by atoms with Crippen LogP contribution in [0.2, 0.25) is 10.0 Å². The van der Waals surface area contributed by atoms with E-state index in [1.54, 1.807) is 6.07 Å². The highest BCUT2D eigenvalue weighted by molar-refractivity contribution is 8.93. The fraction of sp³-hybridized carbons (Fsp3) is 0. The lowest BCUT2D eigenvalue weighted by Gasteiger charge is -1.96. The summed E-state index contributed by atoms with van der Waals surface area (Å²) in [5, 5.41) is 1.37. The first-order valence-electron chi connectivity index (χ1n) is 2.62. The third-order valence-electron chi connectivity index (χ3n) is 1.14. The van der Waals surface area contributed by atoms with Gasteiger partial charge in [0.25, 0.3) is 16.3 Å². The monoisotopic (exact) mass is 254 g/mol. The van der Waals surface area contributed by atoms with Gasteiger partial charge >= 0.3 is 0 Å². The van der Waals surface area contributed by atoms with E-state index in [9.17, 15) is 0 Å². The van der Waals surface area contributed by atoms with E-state index in [0.29, 0.717) is 10.0 Å². The fourth-order valence-corrected chi connectivity index (χ4v) is 1.58. The van der Waals surface area contributed by atoms with Crippen molar-refractivity contribution in [3.8, 4) is 0 Å². The minimum Gasteiger partial charge on any atom is -0.114 e. The van der Waals surface area contributed by atoms with E-state index >= 15 is 0 Å². The summed E-state index contributed by atoms with van der Waals surface area (Å²) < 4.78 is 1.16. The van der Waals surface area contributed by atoms with Crippen LogP contribution in [0.25, 0.3) is 0 Å². The average molecular weight is 256 g/mol. The molecule has 1 aromatic carbocycles. The van der Waals surface area contributed by atoms with Gasteiger partial charge in [-0.1, -0.05) is 35.3 Å². The van der Waals surface area contributed by atoms with Gasteiger partial charge in [-0.25, -0.2) is 0 Å². The van der Waals surface area contributed by atoms with Crippen molar-refractivity contribution in [2.75, 3.05) is 0 Å². The first-order valence-corrected chi connectivity index (χ1v) is 4.38. The molecule has 0 aliphatic heterocycles. The minimum absolute atomic E-state index is 0. The zero-order valence-electron chi connectivity index (χ0n) is 5.40. The molecule has 0 nitrogen and oxygen atoms in total. The number of benzene rings is 1. The second-order valence-corrected chi connectivity index (χ2v) is 3.73. The molecule has 0 heterocycles. The summed E-state index contributed by atoms with van der Waals surface area (Å²) in [7, 11) is 0. The molecule has 0 aliphatic carbocycles. The summed E-state index contributed by atoms with van der Waals surface area (Å²) in [4.78, 5) is 0. The Labute approximate surface area is 88.7 Å². The molecule has 0 amide bonds. The molecular formula is C6H6AlBrCl2. The van der Waals surface area contributed by atoms with E-state index in [1.807, 2.05) is 12.1 Å². The van der Waals surface area contributed by atoms with Crippen LogP contribution in [0.15, 0.2) is 18.2 Å². The Morgan fingerprint density at radius 3 is 2.20 bits per heavy atom. The average Bonchev–Trinajstić information content (AvgIpc) is 1.83. The van der Waals surface area contributed by atoms with Crippen molar-refractivity contribution in [2.24, 2.45) is 0 Å². The molecule has 0 N–H and O–H groups in total. The number of halogens is 3. The van der Waals surface area contributed by atoms with Gasteiger partial charge in [-0.3, -0.25) is 0 Å². The highest BCUT2D eigenvalue weighted by Gasteiger charge is 1.96. The van der Waals surface area contributed by atoms with Crippen molar-refractivity contribution in [3.63, 3.8) is 0 Å². The first-order chi connectivity index (χ1) is 4.22. The van der Waals surface area contributed by atoms with Gasteiger partial charge in [-0.05, 0) is 6.07 Å². The van der Waals surface area contributed by atoms with Gasteiger partial charge in [0.1, 0.15) is 0 Å². The lowest BCUT2D eigenvalue weighted by atomic mass is 10.4. The second-order valence-electron chi connectivity index (χ2n) is 1.87. The summed E-state index contributed by atoms with van der Waals surface area (Å²) in [5.74, 6) is 0. The largest absolute Gasteiger partial charge is 0.261 e. The summed E-state index contributed by atoms with van der Waals surface area (Å²) in [5.41, 5.74) is 0. The first kappa shape index (κ1) is 10.8. The van der Waals surface area contributed by atoms with Gasteiger partial charge in [0, 0.05) is 5.02 Å². The van der Waals surface area contributed by atoms with Crippen LogP contribution in [-0.4, -0.2) is 16.3 Å². The highest BCUT2D eigenvalue weighted by atomic mass is 79.9.